The molecule has 1 aromatic heterocycles. The second-order valence-electron chi connectivity index (χ2n) is 14.6. The molecule has 8 rings (SSSR count). The van der Waals surface area contributed by atoms with Crippen LogP contribution in [-0.4, -0.2) is 28.9 Å². The number of aromatic hydroxyl groups is 1. The van der Waals surface area contributed by atoms with Gasteiger partial charge in [-0.2, -0.15) is 30.7 Å². The fourth-order valence-electron chi connectivity index (χ4n) is 7.10. The number of Topliss-reactive ketones (excluding diaryl/α,β-unsaturated/α-hetero) is 1. The average molecular weight is 1110 g/mol. The number of carbonyl (C=O) groups excluding carboxylic acids is 1. The molecule has 0 atom stereocenters. The van der Waals surface area contributed by atoms with Crippen LogP contribution in [0.4, 0.5) is 30.7 Å². The predicted molar refractivity (Wildman–Crippen MR) is 251 cm³/mol. The topological polar surface area (TPSA) is 102 Å². The molecular formula is C52H39F7O6P2Sm. The van der Waals surface area contributed by atoms with Crippen molar-refractivity contribution in [1.82, 2.24) is 0 Å². The fraction of sp³-hybridized carbons (Fsp3) is 0.0769. The molecule has 8 aromatic rings. The third kappa shape index (κ3) is 10.5. The van der Waals surface area contributed by atoms with Gasteiger partial charge in [0.1, 0.15) is 11.3 Å². The van der Waals surface area contributed by atoms with Crippen LogP contribution >= 0.6 is 14.3 Å². The van der Waals surface area contributed by atoms with Gasteiger partial charge in [-0.25, -0.2) is 4.79 Å². The number of hydrogen-bond acceptors (Lipinski definition) is 6. The van der Waals surface area contributed by atoms with E-state index in [-0.39, 0.29) is 51.4 Å². The molecule has 0 unspecified atom stereocenters. The molecule has 0 saturated heterocycles. The molecule has 0 fully saturated rings. The summed E-state index contributed by atoms with van der Waals surface area (Å²) < 4.78 is 123. The molecule has 0 spiro atoms. The number of alkyl halides is 7. The zero-order chi connectivity index (χ0) is 48.6. The second-order valence-corrected chi connectivity index (χ2v) is 20.1. The van der Waals surface area contributed by atoms with E-state index >= 15 is 0 Å². The molecule has 0 aliphatic carbocycles. The van der Waals surface area contributed by atoms with E-state index in [2.05, 4.69) is 6.58 Å². The molecule has 6 nitrogen and oxygen atoms in total. The minimum absolute atomic E-state index is 0. The van der Waals surface area contributed by atoms with Crippen LogP contribution in [0.3, 0.4) is 0 Å². The first-order valence-corrected chi connectivity index (χ1v) is 23.6. The molecule has 0 radical (unpaired) electrons. The van der Waals surface area contributed by atoms with Gasteiger partial charge in [-0.1, -0.05) is 201 Å². The van der Waals surface area contributed by atoms with Gasteiger partial charge >= 0.3 is 23.6 Å². The molecule has 0 amide bonds. The van der Waals surface area contributed by atoms with Crippen molar-refractivity contribution in [2.75, 3.05) is 0 Å². The number of allylic oxidation sites excluding steroid dienone is 3. The molecule has 7 aromatic carbocycles. The number of rotatable bonds is 10. The number of halogens is 7. The van der Waals surface area contributed by atoms with Gasteiger partial charge < -0.3 is 18.7 Å². The molecule has 0 bridgehead atoms. The van der Waals surface area contributed by atoms with Crippen molar-refractivity contribution in [3.05, 3.63) is 228 Å². The van der Waals surface area contributed by atoms with E-state index in [4.69, 9.17) is 4.42 Å². The zero-order valence-electron chi connectivity index (χ0n) is 35.7. The molecular weight excluding hydrogens is 1070 g/mol. The molecule has 0 aliphatic rings. The Bertz CT molecular complexity index is 3060. The van der Waals surface area contributed by atoms with E-state index in [1.165, 1.54) is 18.2 Å². The summed E-state index contributed by atoms with van der Waals surface area (Å²) in [6, 6.07) is 56.8. The van der Waals surface area contributed by atoms with Crippen molar-refractivity contribution in [1.29, 1.82) is 0 Å². The van der Waals surface area contributed by atoms with Crippen molar-refractivity contribution >= 4 is 68.3 Å². The maximum atomic E-state index is 13.8. The first-order chi connectivity index (χ1) is 31.8. The van der Waals surface area contributed by atoms with Crippen LogP contribution in [0.15, 0.2) is 221 Å². The summed E-state index contributed by atoms with van der Waals surface area (Å²) in [7, 11) is -5.57. The molecule has 0 saturated carbocycles. The minimum Gasteiger partial charge on any atom is -0.506 e. The van der Waals surface area contributed by atoms with Gasteiger partial charge in [-0.05, 0) is 18.4 Å². The van der Waals surface area contributed by atoms with Gasteiger partial charge in [0.15, 0.2) is 19.8 Å². The number of ketones is 1. The van der Waals surface area contributed by atoms with E-state index in [0.717, 1.165) is 37.9 Å². The maximum Gasteiger partial charge on any atom is 0.460 e. The summed E-state index contributed by atoms with van der Waals surface area (Å²) >= 11 is 0. The van der Waals surface area contributed by atoms with E-state index in [9.17, 15) is 54.6 Å². The van der Waals surface area contributed by atoms with Gasteiger partial charge in [-0.15, -0.1) is 0 Å². The largest absolute Gasteiger partial charge is 0.506 e. The van der Waals surface area contributed by atoms with Crippen LogP contribution in [0.1, 0.15) is 17.3 Å². The first-order valence-electron chi connectivity index (χ1n) is 20.2. The van der Waals surface area contributed by atoms with Crippen molar-refractivity contribution in [2.24, 2.45) is 0 Å². The van der Waals surface area contributed by atoms with Gasteiger partial charge in [-0.3, -0.25) is 4.79 Å². The summed E-state index contributed by atoms with van der Waals surface area (Å²) in [5.41, 5.74) is -4.34. The average Bonchev–Trinajstić information content (AvgIpc) is 3.35. The van der Waals surface area contributed by atoms with Crippen LogP contribution < -0.4 is 32.1 Å². The molecule has 16 heteroatoms. The monoisotopic (exact) mass is 1110 g/mol. The van der Waals surface area contributed by atoms with Crippen molar-refractivity contribution in [3.8, 4) is 5.75 Å². The molecule has 68 heavy (non-hydrogen) atoms. The Morgan fingerprint density at radius 3 is 1.34 bits per heavy atom. The van der Waals surface area contributed by atoms with Crippen LogP contribution in [0, 0.1) is 40.4 Å². The van der Waals surface area contributed by atoms with Crippen molar-refractivity contribution in [3.63, 3.8) is 0 Å². The molecule has 0 aliphatic heterocycles. The number of fused-ring (bicyclic) bond motifs is 3. The van der Waals surface area contributed by atoms with E-state index in [0.29, 0.717) is 5.39 Å². The Morgan fingerprint density at radius 1 is 0.574 bits per heavy atom. The summed E-state index contributed by atoms with van der Waals surface area (Å²) in [4.78, 5) is 23.7. The van der Waals surface area contributed by atoms with Crippen LogP contribution in [0.5, 0.6) is 5.75 Å². The third-order valence-corrected chi connectivity index (χ3v) is 16.8. The van der Waals surface area contributed by atoms with Crippen LogP contribution in [0.2, 0.25) is 0 Å². The van der Waals surface area contributed by atoms with Gasteiger partial charge in [0.2, 0.25) is 5.78 Å². The minimum atomic E-state index is -6.78. The quantitative estimate of drug-likeness (QED) is 0.0366. The SMILES string of the molecule is C=C/C(=C\C)P(=O)(c1ccccc1)c1ccccc1.O=C(c1c(O)c2ccc3ccccc3c2oc1=O)C(F)(F)C(F)(F)C(F)(F)F.O=P(c1ccccc1)(c1ccccc1)c1ccccc1.[Sm]. The zero-order valence-corrected chi connectivity index (χ0v) is 40.1. The smallest absolute Gasteiger partial charge is 0.460 e. The van der Waals surface area contributed by atoms with Crippen LogP contribution in [-0.2, 0) is 9.13 Å². The molecule has 1 heterocycles. The van der Waals surface area contributed by atoms with Crippen LogP contribution in [0.25, 0.3) is 21.7 Å². The Kier molecular flexibility index (Phi) is 17.3. The molecule has 1 N–H and O–H groups in total. The number of carbonyl (C=O) groups is 1. The Morgan fingerprint density at radius 2 is 0.956 bits per heavy atom. The second kappa shape index (κ2) is 22.1. The van der Waals surface area contributed by atoms with Gasteiger partial charge in [0.05, 0.1) is 5.39 Å². The predicted octanol–water partition coefficient (Wildman–Crippen LogP) is 12.1. The summed E-state index contributed by atoms with van der Waals surface area (Å²) in [6.07, 6.45) is -3.20. The fourth-order valence-corrected chi connectivity index (χ4v) is 12.5. The summed E-state index contributed by atoms with van der Waals surface area (Å²) in [5.74, 6) is -17.8. The van der Waals surface area contributed by atoms with Crippen molar-refractivity contribution in [2.45, 2.75) is 24.9 Å². The van der Waals surface area contributed by atoms with E-state index in [1.54, 1.807) is 18.2 Å². The Balaban J connectivity index is 0.000000194. The first kappa shape index (κ1) is 53.2. The van der Waals surface area contributed by atoms with E-state index in [1.807, 2.05) is 165 Å². The summed E-state index contributed by atoms with van der Waals surface area (Å²) in [6.45, 7) is 5.71. The number of benzene rings is 7. The number of hydrogen-bond donors (Lipinski definition) is 1. The van der Waals surface area contributed by atoms with Crippen molar-refractivity contribution < 1.29 is 94.6 Å². The molecule has 348 valence electrons. The standard InChI is InChI=1S/C18H15OP.C17H7F7O4.C17H17OP.Sm/c19-20(16-10-4-1-5-11-16,17-12-6-2-7-13-17)18-14-8-3-9-15-18;18-15(19,16(20,21)17(22,23)24)13(26)10-11(25)9-6-5-7-3-1-2-4-8(7)12(9)28-14(10)27;1-3-15(4-2)19(18,16-11-7-5-8-12-16)17-13-9-6-10-14-17;/h1-15H;1-6,25H;3-14H,1H2,2H3;/b;;15-4+;. The van der Waals surface area contributed by atoms with Gasteiger partial charge in [0.25, 0.3) is 0 Å². The van der Waals surface area contributed by atoms with E-state index < -0.39 is 60.4 Å². The third-order valence-electron chi connectivity index (χ3n) is 10.5. The summed E-state index contributed by atoms with van der Waals surface area (Å²) in [5, 5.41) is 15.3. The normalized spacial score (nSPS) is 12.1. The Labute approximate surface area is 418 Å². The maximum absolute atomic E-state index is 13.8. The Hall–Kier alpha value is -5.73. The van der Waals surface area contributed by atoms with Gasteiger partial charge in [0, 0.05) is 77.6 Å².